The summed E-state index contributed by atoms with van der Waals surface area (Å²) in [6, 6.07) is 5.28. The van der Waals surface area contributed by atoms with Crippen LogP contribution in [0.25, 0.3) is 0 Å². The molecule has 1 unspecified atom stereocenters. The summed E-state index contributed by atoms with van der Waals surface area (Å²) in [6.45, 7) is 2.21. The van der Waals surface area contributed by atoms with Gasteiger partial charge in [0.2, 0.25) is 5.54 Å². The van der Waals surface area contributed by atoms with Gasteiger partial charge in [-0.15, -0.1) is 0 Å². The van der Waals surface area contributed by atoms with E-state index in [1.165, 1.54) is 12.4 Å². The number of carboxylic acids is 1. The minimum Gasteiger partial charge on any atom is -0.479 e. The standard InChI is InChI=1S/C13H15F3N2O3/c1-8-4-6-9(7-5-8)18(3)11(21)17-12(2,10(19)20)13(14,15)16/h4-7H,1-3H3,(H,17,21)(H,19,20). The van der Waals surface area contributed by atoms with E-state index < -0.39 is 23.7 Å². The molecule has 1 aromatic carbocycles. The van der Waals surface area contributed by atoms with E-state index in [2.05, 4.69) is 0 Å². The van der Waals surface area contributed by atoms with Crippen LogP contribution in [0.5, 0.6) is 0 Å². The highest BCUT2D eigenvalue weighted by molar-refractivity contribution is 5.95. The van der Waals surface area contributed by atoms with Crippen LogP contribution in [0.4, 0.5) is 23.7 Å². The average Bonchev–Trinajstić information content (AvgIpc) is 2.37. The number of nitrogens with zero attached hydrogens (tertiary/aromatic N) is 1. The topological polar surface area (TPSA) is 69.6 Å². The second-order valence-corrected chi connectivity index (χ2v) is 4.75. The fraction of sp³-hybridized carbons (Fsp3) is 0.385. The molecule has 0 spiro atoms. The summed E-state index contributed by atoms with van der Waals surface area (Å²) in [6.07, 6.45) is -5.12. The molecule has 0 aliphatic rings. The van der Waals surface area contributed by atoms with Crippen molar-refractivity contribution in [1.82, 2.24) is 5.32 Å². The number of carbonyl (C=O) groups is 2. The zero-order chi connectivity index (χ0) is 16.4. The second kappa shape index (κ2) is 5.63. The number of alkyl halides is 3. The lowest BCUT2D eigenvalue weighted by molar-refractivity contribution is -0.203. The molecular weight excluding hydrogens is 289 g/mol. The number of aryl methyl sites for hydroxylation is 1. The molecule has 0 bridgehead atoms. The molecule has 0 saturated heterocycles. The van der Waals surface area contributed by atoms with Gasteiger partial charge < -0.3 is 10.4 Å². The van der Waals surface area contributed by atoms with Crippen molar-refractivity contribution in [3.8, 4) is 0 Å². The van der Waals surface area contributed by atoms with Crippen LogP contribution in [0.1, 0.15) is 12.5 Å². The quantitative estimate of drug-likeness (QED) is 0.901. The number of carbonyl (C=O) groups excluding carboxylic acids is 1. The Balaban J connectivity index is 2.98. The van der Waals surface area contributed by atoms with Gasteiger partial charge in [0, 0.05) is 12.7 Å². The lowest BCUT2D eigenvalue weighted by Gasteiger charge is -2.30. The van der Waals surface area contributed by atoms with Crippen molar-refractivity contribution in [2.45, 2.75) is 25.6 Å². The number of urea groups is 1. The number of aliphatic carboxylic acids is 1. The number of rotatable bonds is 3. The third kappa shape index (κ3) is 3.45. The van der Waals surface area contributed by atoms with Gasteiger partial charge in [-0.2, -0.15) is 13.2 Å². The summed E-state index contributed by atoms with van der Waals surface area (Å²) < 4.78 is 38.5. The maximum Gasteiger partial charge on any atom is 0.422 e. The number of benzene rings is 1. The maximum absolute atomic E-state index is 12.8. The van der Waals surface area contributed by atoms with Crippen LogP contribution in [0.3, 0.4) is 0 Å². The Bertz CT molecular complexity index is 543. The van der Waals surface area contributed by atoms with Gasteiger partial charge in [-0.3, -0.25) is 4.90 Å². The first-order valence-corrected chi connectivity index (χ1v) is 5.91. The molecule has 1 aromatic rings. The zero-order valence-electron chi connectivity index (χ0n) is 11.7. The van der Waals surface area contributed by atoms with Crippen LogP contribution in [0, 0.1) is 6.92 Å². The van der Waals surface area contributed by atoms with Gasteiger partial charge in [0.25, 0.3) is 0 Å². The van der Waals surface area contributed by atoms with Crippen molar-refractivity contribution in [1.29, 1.82) is 0 Å². The Morgan fingerprint density at radius 2 is 1.67 bits per heavy atom. The van der Waals surface area contributed by atoms with E-state index in [0.717, 1.165) is 10.5 Å². The molecule has 0 fully saturated rings. The summed E-state index contributed by atoms with van der Waals surface area (Å²) in [7, 11) is 1.25. The van der Waals surface area contributed by atoms with Gasteiger partial charge in [-0.05, 0) is 26.0 Å². The minimum atomic E-state index is -5.12. The molecule has 0 heterocycles. The maximum atomic E-state index is 12.8. The first-order chi connectivity index (χ1) is 9.49. The summed E-state index contributed by atoms with van der Waals surface area (Å²) in [5, 5.41) is 10.3. The van der Waals surface area contributed by atoms with E-state index in [1.807, 2.05) is 6.92 Å². The van der Waals surface area contributed by atoms with Gasteiger partial charge in [0.05, 0.1) is 0 Å². The number of nitrogens with one attached hydrogen (secondary N) is 1. The lowest BCUT2D eigenvalue weighted by atomic mass is 10.0. The molecule has 8 heteroatoms. The average molecular weight is 304 g/mol. The molecule has 2 N–H and O–H groups in total. The number of halogens is 3. The van der Waals surface area contributed by atoms with Gasteiger partial charge in [0.1, 0.15) is 0 Å². The lowest BCUT2D eigenvalue weighted by Crippen LogP contribution is -2.63. The Morgan fingerprint density at radius 3 is 2.05 bits per heavy atom. The largest absolute Gasteiger partial charge is 0.479 e. The van der Waals surface area contributed by atoms with Crippen molar-refractivity contribution in [2.75, 3.05) is 11.9 Å². The molecule has 0 aliphatic heterocycles. The van der Waals surface area contributed by atoms with E-state index in [4.69, 9.17) is 5.11 Å². The summed E-state index contributed by atoms with van der Waals surface area (Å²) in [5.74, 6) is -2.18. The second-order valence-electron chi connectivity index (χ2n) is 4.75. The van der Waals surface area contributed by atoms with E-state index >= 15 is 0 Å². The zero-order valence-corrected chi connectivity index (χ0v) is 11.7. The molecule has 1 atom stereocenters. The van der Waals surface area contributed by atoms with Gasteiger partial charge in [-0.1, -0.05) is 17.7 Å². The third-order valence-electron chi connectivity index (χ3n) is 3.08. The van der Waals surface area contributed by atoms with Crippen molar-refractivity contribution in [3.05, 3.63) is 29.8 Å². The highest BCUT2D eigenvalue weighted by atomic mass is 19.4. The Labute approximate surface area is 119 Å². The van der Waals surface area contributed by atoms with E-state index in [-0.39, 0.29) is 0 Å². The number of anilines is 1. The van der Waals surface area contributed by atoms with Crippen LogP contribution in [0.2, 0.25) is 0 Å². The normalized spacial score (nSPS) is 14.2. The molecule has 2 amide bonds. The van der Waals surface area contributed by atoms with E-state index in [0.29, 0.717) is 12.6 Å². The molecule has 0 aromatic heterocycles. The summed E-state index contributed by atoms with van der Waals surface area (Å²) >= 11 is 0. The van der Waals surface area contributed by atoms with Crippen LogP contribution in [0.15, 0.2) is 24.3 Å². The Kier molecular flexibility index (Phi) is 4.50. The van der Waals surface area contributed by atoms with Crippen molar-refractivity contribution < 1.29 is 27.9 Å². The first-order valence-electron chi connectivity index (χ1n) is 5.91. The highest BCUT2D eigenvalue weighted by Crippen LogP contribution is 2.30. The molecule has 0 saturated carbocycles. The number of hydrogen-bond donors (Lipinski definition) is 2. The highest BCUT2D eigenvalue weighted by Gasteiger charge is 2.58. The van der Waals surface area contributed by atoms with E-state index in [9.17, 15) is 22.8 Å². The molecule has 21 heavy (non-hydrogen) atoms. The van der Waals surface area contributed by atoms with Gasteiger partial charge >= 0.3 is 18.2 Å². The van der Waals surface area contributed by atoms with Gasteiger partial charge in [-0.25, -0.2) is 9.59 Å². The molecule has 5 nitrogen and oxygen atoms in total. The van der Waals surface area contributed by atoms with Crippen molar-refractivity contribution >= 4 is 17.7 Å². The molecular formula is C13H15F3N2O3. The Morgan fingerprint density at radius 1 is 1.19 bits per heavy atom. The number of carboxylic acid groups (broad SMARTS) is 1. The number of hydrogen-bond acceptors (Lipinski definition) is 2. The number of amides is 2. The van der Waals surface area contributed by atoms with Crippen LogP contribution in [-0.2, 0) is 4.79 Å². The SMILES string of the molecule is Cc1ccc(N(C)C(=O)NC(C)(C(=O)O)C(F)(F)F)cc1. The van der Waals surface area contributed by atoms with Crippen LogP contribution < -0.4 is 10.2 Å². The first kappa shape index (κ1) is 16.8. The van der Waals surface area contributed by atoms with Crippen LogP contribution in [-0.4, -0.2) is 35.9 Å². The molecule has 0 aliphatic carbocycles. The summed E-state index contributed by atoms with van der Waals surface area (Å²) in [5.41, 5.74) is -2.10. The van der Waals surface area contributed by atoms with E-state index in [1.54, 1.807) is 24.3 Å². The monoisotopic (exact) mass is 304 g/mol. The molecule has 0 radical (unpaired) electrons. The predicted molar refractivity (Wildman–Crippen MR) is 70.2 cm³/mol. The van der Waals surface area contributed by atoms with Crippen molar-refractivity contribution in [3.63, 3.8) is 0 Å². The molecule has 1 rings (SSSR count). The van der Waals surface area contributed by atoms with Crippen LogP contribution >= 0.6 is 0 Å². The summed E-state index contributed by atoms with van der Waals surface area (Å²) in [4.78, 5) is 23.6. The minimum absolute atomic E-state index is 0.341. The van der Waals surface area contributed by atoms with Gasteiger partial charge in [0.15, 0.2) is 0 Å². The van der Waals surface area contributed by atoms with Crippen molar-refractivity contribution in [2.24, 2.45) is 0 Å². The Hall–Kier alpha value is -2.25. The fourth-order valence-corrected chi connectivity index (χ4v) is 1.43. The third-order valence-corrected chi connectivity index (χ3v) is 3.08. The fourth-order valence-electron chi connectivity index (χ4n) is 1.43. The predicted octanol–water partition coefficient (Wildman–Crippen LogP) is 2.55. The molecule has 116 valence electrons. The smallest absolute Gasteiger partial charge is 0.422 e.